The Kier molecular flexibility index (Phi) is 7.12. The van der Waals surface area contributed by atoms with Crippen LogP contribution in [0.3, 0.4) is 0 Å². The highest BCUT2D eigenvalue weighted by Gasteiger charge is 2.15. The van der Waals surface area contributed by atoms with Gasteiger partial charge in [0.2, 0.25) is 11.9 Å². The van der Waals surface area contributed by atoms with Crippen LogP contribution in [0, 0.1) is 6.92 Å². The number of rotatable bonds is 8. The molecule has 0 atom stereocenters. The SMILES string of the molecule is Cc1cnc(Nc2ccc(C3CCNCC3)cc2)nc1CCc1ccccc1CC(N)=O. The first kappa shape index (κ1) is 22.0. The van der Waals surface area contributed by atoms with Crippen LogP contribution >= 0.6 is 0 Å². The summed E-state index contributed by atoms with van der Waals surface area (Å²) in [4.78, 5) is 20.6. The fourth-order valence-electron chi connectivity index (χ4n) is 4.33. The van der Waals surface area contributed by atoms with Crippen LogP contribution in [0.2, 0.25) is 0 Å². The van der Waals surface area contributed by atoms with E-state index < -0.39 is 0 Å². The van der Waals surface area contributed by atoms with E-state index in [4.69, 9.17) is 10.7 Å². The highest BCUT2D eigenvalue weighted by atomic mass is 16.1. The molecule has 2 heterocycles. The first-order chi connectivity index (χ1) is 15.6. The molecule has 0 spiro atoms. The number of benzene rings is 2. The number of nitrogens with two attached hydrogens (primary N) is 1. The van der Waals surface area contributed by atoms with Crippen molar-refractivity contribution in [1.29, 1.82) is 0 Å². The molecule has 1 aliphatic heterocycles. The molecule has 0 aliphatic carbocycles. The molecule has 1 aromatic heterocycles. The second kappa shape index (κ2) is 10.4. The number of aryl methyl sites for hydroxylation is 3. The summed E-state index contributed by atoms with van der Waals surface area (Å²) in [5.41, 5.74) is 12.0. The van der Waals surface area contributed by atoms with E-state index in [1.54, 1.807) is 0 Å². The van der Waals surface area contributed by atoms with E-state index >= 15 is 0 Å². The fraction of sp³-hybridized carbons (Fsp3) is 0.346. The third kappa shape index (κ3) is 5.71. The van der Waals surface area contributed by atoms with E-state index in [-0.39, 0.29) is 12.3 Å². The minimum Gasteiger partial charge on any atom is -0.369 e. The summed E-state index contributed by atoms with van der Waals surface area (Å²) in [5, 5.41) is 6.76. The van der Waals surface area contributed by atoms with Crippen molar-refractivity contribution in [1.82, 2.24) is 15.3 Å². The maximum Gasteiger partial charge on any atom is 0.227 e. The predicted molar refractivity (Wildman–Crippen MR) is 128 cm³/mol. The topological polar surface area (TPSA) is 92.9 Å². The van der Waals surface area contributed by atoms with Crippen molar-refractivity contribution < 1.29 is 4.79 Å². The minimum absolute atomic E-state index is 0.263. The van der Waals surface area contributed by atoms with Crippen LogP contribution in [0.25, 0.3) is 0 Å². The maximum absolute atomic E-state index is 11.4. The van der Waals surface area contributed by atoms with Crippen molar-refractivity contribution in [2.45, 2.75) is 44.9 Å². The van der Waals surface area contributed by atoms with Crippen LogP contribution in [0.5, 0.6) is 0 Å². The number of primary amides is 1. The Hall–Kier alpha value is -3.25. The zero-order valence-electron chi connectivity index (χ0n) is 18.6. The zero-order chi connectivity index (χ0) is 22.3. The van der Waals surface area contributed by atoms with Crippen molar-refractivity contribution in [3.63, 3.8) is 0 Å². The van der Waals surface area contributed by atoms with Gasteiger partial charge in [-0.05, 0) is 86.0 Å². The van der Waals surface area contributed by atoms with Crippen molar-refractivity contribution in [3.05, 3.63) is 82.7 Å². The average molecular weight is 430 g/mol. The van der Waals surface area contributed by atoms with Gasteiger partial charge in [0.25, 0.3) is 0 Å². The Morgan fingerprint density at radius 2 is 1.78 bits per heavy atom. The van der Waals surface area contributed by atoms with Crippen LogP contribution in [-0.2, 0) is 24.1 Å². The highest BCUT2D eigenvalue weighted by molar-refractivity contribution is 5.77. The molecule has 4 N–H and O–H groups in total. The monoisotopic (exact) mass is 429 g/mol. The van der Waals surface area contributed by atoms with E-state index in [2.05, 4.69) is 45.9 Å². The predicted octanol–water partition coefficient (Wildman–Crippen LogP) is 3.81. The summed E-state index contributed by atoms with van der Waals surface area (Å²) in [5.74, 6) is 0.934. The van der Waals surface area contributed by atoms with Gasteiger partial charge in [-0.2, -0.15) is 0 Å². The van der Waals surface area contributed by atoms with Crippen LogP contribution < -0.4 is 16.4 Å². The van der Waals surface area contributed by atoms with Gasteiger partial charge in [-0.1, -0.05) is 36.4 Å². The molecule has 6 nitrogen and oxygen atoms in total. The van der Waals surface area contributed by atoms with E-state index in [1.165, 1.54) is 18.4 Å². The molecule has 2 aromatic carbocycles. The lowest BCUT2D eigenvalue weighted by Gasteiger charge is -2.23. The number of nitrogens with one attached hydrogen (secondary N) is 2. The van der Waals surface area contributed by atoms with E-state index in [1.807, 2.05) is 31.3 Å². The fourth-order valence-corrected chi connectivity index (χ4v) is 4.33. The molecular weight excluding hydrogens is 398 g/mol. The van der Waals surface area contributed by atoms with E-state index in [9.17, 15) is 4.79 Å². The molecule has 166 valence electrons. The molecule has 0 unspecified atom stereocenters. The molecule has 1 aliphatic rings. The number of anilines is 2. The van der Waals surface area contributed by atoms with Gasteiger partial charge in [0, 0.05) is 17.6 Å². The van der Waals surface area contributed by atoms with Gasteiger partial charge < -0.3 is 16.4 Å². The number of nitrogens with zero attached hydrogens (tertiary/aromatic N) is 2. The second-order valence-corrected chi connectivity index (χ2v) is 8.51. The molecule has 3 aromatic rings. The van der Waals surface area contributed by atoms with Gasteiger partial charge in [-0.25, -0.2) is 9.97 Å². The Morgan fingerprint density at radius 1 is 1.06 bits per heavy atom. The molecule has 6 heteroatoms. The van der Waals surface area contributed by atoms with Crippen LogP contribution in [0.15, 0.2) is 54.7 Å². The largest absolute Gasteiger partial charge is 0.369 e. The second-order valence-electron chi connectivity index (χ2n) is 8.51. The van der Waals surface area contributed by atoms with Gasteiger partial charge in [-0.3, -0.25) is 4.79 Å². The van der Waals surface area contributed by atoms with Crippen LogP contribution in [-0.4, -0.2) is 29.0 Å². The molecule has 32 heavy (non-hydrogen) atoms. The first-order valence-electron chi connectivity index (χ1n) is 11.3. The van der Waals surface area contributed by atoms with Crippen molar-refractivity contribution in [2.24, 2.45) is 5.73 Å². The van der Waals surface area contributed by atoms with Crippen LogP contribution in [0.1, 0.15) is 46.7 Å². The molecule has 4 rings (SSSR count). The lowest BCUT2D eigenvalue weighted by molar-refractivity contribution is -0.117. The Bertz CT molecular complexity index is 1060. The standard InChI is InChI=1S/C26H31N5O/c1-18-17-29-26(30-23-9-6-20(7-10-23)21-12-14-28-15-13-21)31-24(18)11-8-19-4-2-3-5-22(19)16-25(27)32/h2-7,9-10,17,21,28H,8,11-16H2,1H3,(H2,27,32)(H,29,30,31). The number of piperidine rings is 1. The van der Waals surface area contributed by atoms with Crippen LogP contribution in [0.4, 0.5) is 11.6 Å². The third-order valence-corrected chi connectivity index (χ3v) is 6.17. The van der Waals surface area contributed by atoms with Crippen molar-refractivity contribution >= 4 is 17.5 Å². The summed E-state index contributed by atoms with van der Waals surface area (Å²) in [6.07, 6.45) is 6.08. The Balaban J connectivity index is 1.42. The summed E-state index contributed by atoms with van der Waals surface area (Å²) in [6, 6.07) is 16.6. The first-order valence-corrected chi connectivity index (χ1v) is 11.3. The molecule has 0 radical (unpaired) electrons. The average Bonchev–Trinajstić information content (AvgIpc) is 2.81. The number of hydrogen-bond donors (Lipinski definition) is 3. The van der Waals surface area contributed by atoms with E-state index in [0.717, 1.165) is 54.0 Å². The number of aromatic nitrogens is 2. The maximum atomic E-state index is 11.4. The highest BCUT2D eigenvalue weighted by Crippen LogP contribution is 2.26. The Labute approximate surface area is 189 Å². The van der Waals surface area contributed by atoms with E-state index in [0.29, 0.717) is 11.9 Å². The van der Waals surface area contributed by atoms with Gasteiger partial charge in [0.15, 0.2) is 0 Å². The van der Waals surface area contributed by atoms with Crippen molar-refractivity contribution in [2.75, 3.05) is 18.4 Å². The van der Waals surface area contributed by atoms with Gasteiger partial charge in [-0.15, -0.1) is 0 Å². The Morgan fingerprint density at radius 3 is 2.50 bits per heavy atom. The summed E-state index contributed by atoms with van der Waals surface area (Å²) < 4.78 is 0. The molecule has 1 amide bonds. The number of hydrogen-bond acceptors (Lipinski definition) is 5. The molecule has 0 saturated carbocycles. The molecular formula is C26H31N5O. The number of amides is 1. The smallest absolute Gasteiger partial charge is 0.227 e. The summed E-state index contributed by atoms with van der Waals surface area (Å²) in [6.45, 7) is 4.22. The number of carbonyl (C=O) groups excluding carboxylic acids is 1. The normalized spacial score (nSPS) is 14.3. The third-order valence-electron chi connectivity index (χ3n) is 6.17. The van der Waals surface area contributed by atoms with Gasteiger partial charge in [0.05, 0.1) is 6.42 Å². The number of carbonyl (C=O) groups is 1. The molecule has 1 fully saturated rings. The lowest BCUT2D eigenvalue weighted by atomic mass is 9.90. The quantitative estimate of drug-likeness (QED) is 0.506. The lowest BCUT2D eigenvalue weighted by Crippen LogP contribution is -2.26. The molecule has 0 bridgehead atoms. The molecule has 1 saturated heterocycles. The van der Waals surface area contributed by atoms with Crippen molar-refractivity contribution in [3.8, 4) is 0 Å². The zero-order valence-corrected chi connectivity index (χ0v) is 18.6. The summed E-state index contributed by atoms with van der Waals surface area (Å²) in [7, 11) is 0. The summed E-state index contributed by atoms with van der Waals surface area (Å²) >= 11 is 0. The van der Waals surface area contributed by atoms with Gasteiger partial charge in [0.1, 0.15) is 0 Å². The minimum atomic E-state index is -0.312. The van der Waals surface area contributed by atoms with Gasteiger partial charge >= 0.3 is 0 Å².